The molecule has 0 aromatic carbocycles. The van der Waals surface area contributed by atoms with Gasteiger partial charge in [0.2, 0.25) is 0 Å². The SMILES string of the molecule is Cc1ccc(-n2c(C)cc3c2CC(C)(C)CC3O)nc1. The lowest BCUT2D eigenvalue weighted by Crippen LogP contribution is -2.26. The minimum absolute atomic E-state index is 0.125. The Labute approximate surface area is 120 Å². The van der Waals surface area contributed by atoms with E-state index in [0.29, 0.717) is 0 Å². The van der Waals surface area contributed by atoms with E-state index in [1.54, 1.807) is 0 Å². The fourth-order valence-electron chi connectivity index (χ4n) is 3.25. The van der Waals surface area contributed by atoms with Gasteiger partial charge in [0.05, 0.1) is 6.10 Å². The third-order valence-electron chi connectivity index (χ3n) is 4.20. The van der Waals surface area contributed by atoms with Gasteiger partial charge in [-0.1, -0.05) is 19.9 Å². The summed E-state index contributed by atoms with van der Waals surface area (Å²) in [6, 6.07) is 6.24. The summed E-state index contributed by atoms with van der Waals surface area (Å²) in [7, 11) is 0. The fraction of sp³-hybridized carbons (Fsp3) is 0.471. The molecule has 106 valence electrons. The summed E-state index contributed by atoms with van der Waals surface area (Å²) < 4.78 is 2.19. The Hall–Kier alpha value is -1.61. The summed E-state index contributed by atoms with van der Waals surface area (Å²) in [5.74, 6) is 0.944. The second-order valence-electron chi connectivity index (χ2n) is 6.78. The van der Waals surface area contributed by atoms with Gasteiger partial charge >= 0.3 is 0 Å². The molecule has 1 aliphatic carbocycles. The molecule has 0 fully saturated rings. The number of fused-ring (bicyclic) bond motifs is 1. The summed E-state index contributed by atoms with van der Waals surface area (Å²) in [6.45, 7) is 8.56. The third kappa shape index (κ3) is 2.16. The number of hydrogen-bond acceptors (Lipinski definition) is 2. The first-order valence-corrected chi connectivity index (χ1v) is 7.20. The fourth-order valence-corrected chi connectivity index (χ4v) is 3.25. The second kappa shape index (κ2) is 4.45. The molecule has 0 saturated carbocycles. The molecule has 1 atom stereocenters. The van der Waals surface area contributed by atoms with E-state index in [0.717, 1.165) is 35.5 Å². The quantitative estimate of drug-likeness (QED) is 0.861. The molecular weight excluding hydrogens is 248 g/mol. The van der Waals surface area contributed by atoms with Crippen LogP contribution in [0.15, 0.2) is 24.4 Å². The molecule has 0 saturated heterocycles. The van der Waals surface area contributed by atoms with E-state index in [2.05, 4.69) is 48.5 Å². The van der Waals surface area contributed by atoms with E-state index in [9.17, 15) is 5.11 Å². The molecule has 2 aromatic rings. The molecule has 3 nitrogen and oxygen atoms in total. The summed E-state index contributed by atoms with van der Waals surface area (Å²) in [6.07, 6.45) is 3.33. The van der Waals surface area contributed by atoms with E-state index in [-0.39, 0.29) is 11.5 Å². The molecular formula is C17H22N2O. The maximum Gasteiger partial charge on any atom is 0.136 e. The molecule has 20 heavy (non-hydrogen) atoms. The Bertz CT molecular complexity index is 638. The Kier molecular flexibility index (Phi) is 2.98. The van der Waals surface area contributed by atoms with Gasteiger partial charge < -0.3 is 9.67 Å². The number of hydrogen-bond donors (Lipinski definition) is 1. The average molecular weight is 270 g/mol. The van der Waals surface area contributed by atoms with Gasteiger partial charge in [0.25, 0.3) is 0 Å². The molecule has 2 heterocycles. The predicted molar refractivity (Wildman–Crippen MR) is 80.1 cm³/mol. The summed E-state index contributed by atoms with van der Waals surface area (Å²) >= 11 is 0. The number of aryl methyl sites for hydroxylation is 2. The van der Waals surface area contributed by atoms with E-state index >= 15 is 0 Å². The lowest BCUT2D eigenvalue weighted by Gasteiger charge is -2.33. The van der Waals surface area contributed by atoms with Crippen molar-refractivity contribution >= 4 is 0 Å². The first kappa shape index (κ1) is 13.4. The molecule has 3 rings (SSSR count). The van der Waals surface area contributed by atoms with Gasteiger partial charge in [-0.25, -0.2) is 4.98 Å². The van der Waals surface area contributed by atoms with E-state index < -0.39 is 0 Å². The van der Waals surface area contributed by atoms with Gasteiger partial charge in [0.1, 0.15) is 5.82 Å². The van der Waals surface area contributed by atoms with Crippen molar-refractivity contribution in [3.05, 3.63) is 46.9 Å². The zero-order valence-electron chi connectivity index (χ0n) is 12.6. The first-order valence-electron chi connectivity index (χ1n) is 7.20. The van der Waals surface area contributed by atoms with Gasteiger partial charge in [0, 0.05) is 23.1 Å². The van der Waals surface area contributed by atoms with Crippen molar-refractivity contribution in [3.8, 4) is 5.82 Å². The highest BCUT2D eigenvalue weighted by molar-refractivity contribution is 5.41. The largest absolute Gasteiger partial charge is 0.388 e. The van der Waals surface area contributed by atoms with Gasteiger partial charge in [-0.15, -0.1) is 0 Å². The van der Waals surface area contributed by atoms with Gasteiger partial charge in [-0.2, -0.15) is 0 Å². The molecule has 0 spiro atoms. The van der Waals surface area contributed by atoms with Crippen LogP contribution in [0, 0.1) is 19.3 Å². The van der Waals surface area contributed by atoms with Crippen molar-refractivity contribution in [2.75, 3.05) is 0 Å². The van der Waals surface area contributed by atoms with Crippen LogP contribution < -0.4 is 0 Å². The monoisotopic (exact) mass is 270 g/mol. The highest BCUT2D eigenvalue weighted by Crippen LogP contribution is 2.42. The van der Waals surface area contributed by atoms with Crippen LogP contribution in [0.25, 0.3) is 5.82 Å². The molecule has 0 amide bonds. The van der Waals surface area contributed by atoms with Crippen molar-refractivity contribution in [2.24, 2.45) is 5.41 Å². The highest BCUT2D eigenvalue weighted by Gasteiger charge is 2.34. The number of pyridine rings is 1. The maximum absolute atomic E-state index is 10.4. The summed E-state index contributed by atoms with van der Waals surface area (Å²) in [4.78, 5) is 4.54. The van der Waals surface area contributed by atoms with Crippen molar-refractivity contribution in [1.82, 2.24) is 9.55 Å². The Morgan fingerprint density at radius 2 is 2.05 bits per heavy atom. The number of rotatable bonds is 1. The molecule has 0 radical (unpaired) electrons. The van der Waals surface area contributed by atoms with Crippen molar-refractivity contribution in [1.29, 1.82) is 0 Å². The van der Waals surface area contributed by atoms with Crippen LogP contribution in [-0.4, -0.2) is 14.7 Å². The van der Waals surface area contributed by atoms with E-state index in [1.165, 1.54) is 5.69 Å². The number of aliphatic hydroxyl groups is 1. The van der Waals surface area contributed by atoms with E-state index in [4.69, 9.17) is 0 Å². The Morgan fingerprint density at radius 3 is 2.70 bits per heavy atom. The van der Waals surface area contributed by atoms with Crippen LogP contribution in [0.1, 0.15) is 48.9 Å². The van der Waals surface area contributed by atoms with Crippen LogP contribution in [0.4, 0.5) is 0 Å². The molecule has 1 aliphatic rings. The van der Waals surface area contributed by atoms with Crippen LogP contribution in [0.5, 0.6) is 0 Å². The zero-order valence-corrected chi connectivity index (χ0v) is 12.6. The predicted octanol–water partition coefficient (Wildman–Crippen LogP) is 3.49. The third-order valence-corrected chi connectivity index (χ3v) is 4.20. The number of nitrogens with zero attached hydrogens (tertiary/aromatic N) is 2. The minimum Gasteiger partial charge on any atom is -0.388 e. The molecule has 1 N–H and O–H groups in total. The maximum atomic E-state index is 10.4. The average Bonchev–Trinajstić information content (AvgIpc) is 2.66. The van der Waals surface area contributed by atoms with Gasteiger partial charge in [0.15, 0.2) is 0 Å². The lowest BCUT2D eigenvalue weighted by atomic mass is 9.75. The van der Waals surface area contributed by atoms with Crippen LogP contribution in [0.2, 0.25) is 0 Å². The number of aliphatic hydroxyl groups excluding tert-OH is 1. The highest BCUT2D eigenvalue weighted by atomic mass is 16.3. The normalized spacial score (nSPS) is 20.8. The number of aromatic nitrogens is 2. The molecule has 0 bridgehead atoms. The van der Waals surface area contributed by atoms with E-state index in [1.807, 2.05) is 13.1 Å². The molecule has 0 aliphatic heterocycles. The summed E-state index contributed by atoms with van der Waals surface area (Å²) in [5, 5.41) is 10.4. The standard InChI is InChI=1S/C17H22N2O/c1-11-5-6-16(18-10-11)19-12(2)7-13-14(19)8-17(3,4)9-15(13)20/h5-7,10,15,20H,8-9H2,1-4H3. The van der Waals surface area contributed by atoms with Gasteiger partial charge in [-0.05, 0) is 49.8 Å². The Morgan fingerprint density at radius 1 is 1.30 bits per heavy atom. The summed E-state index contributed by atoms with van der Waals surface area (Å²) in [5.41, 5.74) is 4.71. The minimum atomic E-state index is -0.362. The van der Waals surface area contributed by atoms with Gasteiger partial charge in [-0.3, -0.25) is 0 Å². The van der Waals surface area contributed by atoms with Crippen molar-refractivity contribution in [2.45, 2.75) is 46.6 Å². The molecule has 2 aromatic heterocycles. The van der Waals surface area contributed by atoms with Crippen molar-refractivity contribution in [3.63, 3.8) is 0 Å². The topological polar surface area (TPSA) is 38.0 Å². The zero-order chi connectivity index (χ0) is 14.5. The van der Waals surface area contributed by atoms with Crippen LogP contribution in [-0.2, 0) is 6.42 Å². The Balaban J connectivity index is 2.16. The second-order valence-corrected chi connectivity index (χ2v) is 6.78. The smallest absolute Gasteiger partial charge is 0.136 e. The molecule has 1 unspecified atom stereocenters. The van der Waals surface area contributed by atoms with Crippen LogP contribution >= 0.6 is 0 Å². The lowest BCUT2D eigenvalue weighted by molar-refractivity contribution is 0.0986. The molecule has 3 heteroatoms. The van der Waals surface area contributed by atoms with Crippen LogP contribution in [0.3, 0.4) is 0 Å². The first-order chi connectivity index (χ1) is 9.37. The van der Waals surface area contributed by atoms with Crippen molar-refractivity contribution < 1.29 is 5.11 Å².